The standard InChI is InChI=1S/C31H57NO6/c1-5-6-7-8-9-10-11-12-13-14-15-16-17-18-19-20-21-22-32(23-26(2)29(33)34,24-27(3)30(35)36)25-28(4)31(37)38/h15-16,26-28H,5-14,17-25H2,1-4H3,(H2-,33,34,35,36,37,38)/p+1/b16-15+. The van der Waals surface area contributed by atoms with Crippen LogP contribution in [0.15, 0.2) is 12.2 Å². The van der Waals surface area contributed by atoms with E-state index in [9.17, 15) is 29.7 Å². The number of carbonyl (C=O) groups is 3. The molecule has 0 aliphatic carbocycles. The Morgan fingerprint density at radius 3 is 1.21 bits per heavy atom. The van der Waals surface area contributed by atoms with Crippen LogP contribution in [0.2, 0.25) is 0 Å². The number of hydrogen-bond donors (Lipinski definition) is 3. The van der Waals surface area contributed by atoms with E-state index in [1.165, 1.54) is 57.8 Å². The van der Waals surface area contributed by atoms with Gasteiger partial charge >= 0.3 is 17.9 Å². The third kappa shape index (κ3) is 18.4. The van der Waals surface area contributed by atoms with Crippen LogP contribution in [-0.4, -0.2) is 63.9 Å². The summed E-state index contributed by atoms with van der Waals surface area (Å²) in [6, 6.07) is 0. The molecule has 0 bridgehead atoms. The third-order valence-corrected chi connectivity index (χ3v) is 7.64. The number of hydrogen-bond acceptors (Lipinski definition) is 3. The van der Waals surface area contributed by atoms with Gasteiger partial charge in [0.25, 0.3) is 0 Å². The highest BCUT2D eigenvalue weighted by Crippen LogP contribution is 2.22. The van der Waals surface area contributed by atoms with Crippen molar-refractivity contribution in [1.82, 2.24) is 0 Å². The molecule has 222 valence electrons. The van der Waals surface area contributed by atoms with Crippen LogP contribution in [-0.2, 0) is 14.4 Å². The Morgan fingerprint density at radius 1 is 0.553 bits per heavy atom. The summed E-state index contributed by atoms with van der Waals surface area (Å²) in [6.45, 7) is 8.43. The average molecular weight is 541 g/mol. The van der Waals surface area contributed by atoms with Gasteiger partial charge in [0.1, 0.15) is 17.8 Å². The number of quaternary nitrogens is 1. The number of carboxylic acids is 3. The van der Waals surface area contributed by atoms with Crippen LogP contribution in [0.1, 0.15) is 124 Å². The van der Waals surface area contributed by atoms with Gasteiger partial charge in [0.05, 0.1) is 26.2 Å². The summed E-state index contributed by atoms with van der Waals surface area (Å²) < 4.78 is 0.215. The van der Waals surface area contributed by atoms with Gasteiger partial charge in [0.2, 0.25) is 0 Å². The summed E-state index contributed by atoms with van der Waals surface area (Å²) in [5.41, 5.74) is 0. The number of aliphatic carboxylic acids is 3. The minimum absolute atomic E-state index is 0.215. The van der Waals surface area contributed by atoms with Gasteiger partial charge in [-0.05, 0) is 59.3 Å². The molecule has 0 rings (SSSR count). The maximum atomic E-state index is 11.6. The second kappa shape index (κ2) is 22.0. The minimum Gasteiger partial charge on any atom is -0.481 e. The molecule has 7 heteroatoms. The van der Waals surface area contributed by atoms with E-state index in [-0.39, 0.29) is 24.1 Å². The minimum atomic E-state index is -0.937. The van der Waals surface area contributed by atoms with E-state index in [1.54, 1.807) is 20.8 Å². The Kier molecular flexibility index (Phi) is 20.9. The zero-order chi connectivity index (χ0) is 28.8. The monoisotopic (exact) mass is 540 g/mol. The first-order valence-corrected chi connectivity index (χ1v) is 15.2. The fourth-order valence-electron chi connectivity index (χ4n) is 5.35. The van der Waals surface area contributed by atoms with E-state index in [0.29, 0.717) is 6.54 Å². The summed E-state index contributed by atoms with van der Waals surface area (Å²) in [7, 11) is 0. The predicted molar refractivity (Wildman–Crippen MR) is 154 cm³/mol. The number of carboxylic acid groups (broad SMARTS) is 3. The smallest absolute Gasteiger partial charge is 0.311 e. The molecule has 0 aromatic heterocycles. The molecule has 0 saturated carbocycles. The lowest BCUT2D eigenvalue weighted by Gasteiger charge is -2.42. The molecule has 0 saturated heterocycles. The predicted octanol–water partition coefficient (Wildman–Crippen LogP) is 7.39. The van der Waals surface area contributed by atoms with Gasteiger partial charge in [0, 0.05) is 0 Å². The maximum Gasteiger partial charge on any atom is 0.311 e. The molecule has 0 aliphatic heterocycles. The molecule has 0 heterocycles. The van der Waals surface area contributed by atoms with Crippen LogP contribution in [0, 0.1) is 17.8 Å². The fraction of sp³-hybridized carbons (Fsp3) is 0.839. The van der Waals surface area contributed by atoms with Gasteiger partial charge in [0.15, 0.2) is 0 Å². The van der Waals surface area contributed by atoms with Gasteiger partial charge in [-0.3, -0.25) is 14.4 Å². The van der Waals surface area contributed by atoms with E-state index >= 15 is 0 Å². The third-order valence-electron chi connectivity index (χ3n) is 7.64. The van der Waals surface area contributed by atoms with Crippen molar-refractivity contribution in [2.75, 3.05) is 26.2 Å². The number of rotatable bonds is 26. The van der Waals surface area contributed by atoms with Crippen molar-refractivity contribution in [3.63, 3.8) is 0 Å². The number of unbranched alkanes of at least 4 members (excludes halogenated alkanes) is 13. The Morgan fingerprint density at radius 2 is 0.868 bits per heavy atom. The van der Waals surface area contributed by atoms with Crippen molar-refractivity contribution in [2.24, 2.45) is 17.8 Å². The highest BCUT2D eigenvalue weighted by molar-refractivity contribution is 5.70. The molecule has 0 fully saturated rings. The van der Waals surface area contributed by atoms with Crippen LogP contribution >= 0.6 is 0 Å². The lowest BCUT2D eigenvalue weighted by Crippen LogP contribution is -2.57. The first kappa shape index (κ1) is 36.1. The van der Waals surface area contributed by atoms with Gasteiger partial charge < -0.3 is 19.8 Å². The second-order valence-corrected chi connectivity index (χ2v) is 11.6. The van der Waals surface area contributed by atoms with Gasteiger partial charge in [-0.15, -0.1) is 0 Å². The lowest BCUT2D eigenvalue weighted by atomic mass is 10.0. The molecule has 0 radical (unpaired) electrons. The molecular formula is C31H58NO6+. The molecular weight excluding hydrogens is 482 g/mol. The van der Waals surface area contributed by atoms with Crippen LogP contribution in [0.4, 0.5) is 0 Å². The molecule has 3 unspecified atom stereocenters. The molecule has 38 heavy (non-hydrogen) atoms. The van der Waals surface area contributed by atoms with Crippen molar-refractivity contribution in [1.29, 1.82) is 0 Å². The molecule has 0 aromatic rings. The zero-order valence-corrected chi connectivity index (χ0v) is 24.8. The second-order valence-electron chi connectivity index (χ2n) is 11.6. The fourth-order valence-corrected chi connectivity index (χ4v) is 5.35. The van der Waals surface area contributed by atoms with E-state index in [0.717, 1.165) is 38.5 Å². The largest absolute Gasteiger partial charge is 0.481 e. The SMILES string of the molecule is CCCCCCCCCCC/C=C/CCCCCC[N+](CC(C)C(=O)O)(CC(C)C(=O)O)CC(C)C(=O)O. The maximum absolute atomic E-state index is 11.6. The molecule has 7 nitrogen and oxygen atoms in total. The average Bonchev–Trinajstić information content (AvgIpc) is 2.85. The van der Waals surface area contributed by atoms with E-state index in [4.69, 9.17) is 0 Å². The first-order chi connectivity index (χ1) is 18.0. The summed E-state index contributed by atoms with van der Waals surface area (Å²) in [5, 5.41) is 28.5. The first-order valence-electron chi connectivity index (χ1n) is 15.2. The van der Waals surface area contributed by atoms with Crippen LogP contribution < -0.4 is 0 Å². The summed E-state index contributed by atoms with van der Waals surface area (Å²) in [4.78, 5) is 34.8. The Bertz CT molecular complexity index is 622. The quantitative estimate of drug-likeness (QED) is 0.0599. The Balaban J connectivity index is 4.49. The Labute approximate surface area is 232 Å². The molecule has 0 aromatic carbocycles. The van der Waals surface area contributed by atoms with Crippen LogP contribution in [0.5, 0.6) is 0 Å². The van der Waals surface area contributed by atoms with Gasteiger partial charge in [-0.25, -0.2) is 0 Å². The van der Waals surface area contributed by atoms with E-state index in [1.807, 2.05) is 0 Å². The normalized spacial score (nSPS) is 15.7. The summed E-state index contributed by atoms with van der Waals surface area (Å²) >= 11 is 0. The number of nitrogens with zero attached hydrogens (tertiary/aromatic N) is 1. The van der Waals surface area contributed by atoms with Crippen LogP contribution in [0.25, 0.3) is 0 Å². The topological polar surface area (TPSA) is 112 Å². The van der Waals surface area contributed by atoms with Gasteiger partial charge in [-0.2, -0.15) is 0 Å². The van der Waals surface area contributed by atoms with E-state index < -0.39 is 35.7 Å². The Hall–Kier alpha value is -1.89. The van der Waals surface area contributed by atoms with Crippen molar-refractivity contribution in [2.45, 2.75) is 124 Å². The molecule has 0 spiro atoms. The van der Waals surface area contributed by atoms with Crippen molar-refractivity contribution >= 4 is 17.9 Å². The van der Waals surface area contributed by atoms with E-state index in [2.05, 4.69) is 19.1 Å². The highest BCUT2D eigenvalue weighted by atomic mass is 16.4. The summed E-state index contributed by atoms with van der Waals surface area (Å²) in [5.74, 6) is -4.83. The number of allylic oxidation sites excluding steroid dienone is 2. The van der Waals surface area contributed by atoms with Crippen molar-refractivity contribution in [3.8, 4) is 0 Å². The highest BCUT2D eigenvalue weighted by Gasteiger charge is 2.38. The van der Waals surface area contributed by atoms with Gasteiger partial charge in [-0.1, -0.05) is 76.9 Å². The zero-order valence-electron chi connectivity index (χ0n) is 24.8. The molecule has 3 atom stereocenters. The lowest BCUT2D eigenvalue weighted by molar-refractivity contribution is -0.934. The van der Waals surface area contributed by atoms with Crippen molar-refractivity contribution < 1.29 is 34.2 Å². The summed E-state index contributed by atoms with van der Waals surface area (Å²) in [6.07, 6.45) is 22.9. The molecule has 3 N–H and O–H groups in total. The van der Waals surface area contributed by atoms with Crippen LogP contribution in [0.3, 0.4) is 0 Å². The molecule has 0 amide bonds. The molecule has 0 aliphatic rings. The van der Waals surface area contributed by atoms with Crippen molar-refractivity contribution in [3.05, 3.63) is 12.2 Å².